The number of carboxylic acids is 1. The quantitative estimate of drug-likeness (QED) is 0.787. The second-order valence-electron chi connectivity index (χ2n) is 4.85. The topological polar surface area (TPSA) is 55.1 Å². The lowest BCUT2D eigenvalue weighted by Crippen LogP contribution is -2.04. The fourth-order valence-corrected chi connectivity index (χ4v) is 2.37. The normalized spacial score (nSPS) is 10.8. The SMILES string of the molecule is C=CCn1c(CCCC(=O)O)nc2cc(CC)ccc21. The van der Waals surface area contributed by atoms with E-state index >= 15 is 0 Å². The summed E-state index contributed by atoms with van der Waals surface area (Å²) >= 11 is 0. The molecule has 0 atom stereocenters. The van der Waals surface area contributed by atoms with Crippen molar-refractivity contribution in [3.63, 3.8) is 0 Å². The first kappa shape index (κ1) is 14.3. The maximum absolute atomic E-state index is 10.6. The summed E-state index contributed by atoms with van der Waals surface area (Å²) in [5.74, 6) is 0.180. The van der Waals surface area contributed by atoms with Crippen LogP contribution in [0.4, 0.5) is 0 Å². The number of benzene rings is 1. The molecule has 20 heavy (non-hydrogen) atoms. The van der Waals surface area contributed by atoms with Crippen molar-refractivity contribution in [3.05, 3.63) is 42.2 Å². The zero-order valence-corrected chi connectivity index (χ0v) is 11.8. The number of fused-ring (bicyclic) bond motifs is 1. The second-order valence-corrected chi connectivity index (χ2v) is 4.85. The van der Waals surface area contributed by atoms with Gasteiger partial charge < -0.3 is 9.67 Å². The van der Waals surface area contributed by atoms with E-state index in [0.717, 1.165) is 23.3 Å². The van der Waals surface area contributed by atoms with Crippen molar-refractivity contribution >= 4 is 17.0 Å². The van der Waals surface area contributed by atoms with Gasteiger partial charge in [0, 0.05) is 19.4 Å². The van der Waals surface area contributed by atoms with Gasteiger partial charge in [-0.05, 0) is 30.5 Å². The molecule has 0 aliphatic carbocycles. The molecule has 0 unspecified atom stereocenters. The molecule has 2 rings (SSSR count). The predicted octanol–water partition coefficient (Wildman–Crippen LogP) is 3.19. The summed E-state index contributed by atoms with van der Waals surface area (Å²) in [5, 5.41) is 8.73. The summed E-state index contributed by atoms with van der Waals surface area (Å²) < 4.78 is 2.11. The molecule has 0 saturated carbocycles. The van der Waals surface area contributed by atoms with Crippen LogP contribution in [-0.2, 0) is 24.2 Å². The van der Waals surface area contributed by atoms with E-state index in [4.69, 9.17) is 5.11 Å². The van der Waals surface area contributed by atoms with E-state index < -0.39 is 5.97 Å². The van der Waals surface area contributed by atoms with E-state index in [2.05, 4.69) is 41.3 Å². The molecule has 0 fully saturated rings. The van der Waals surface area contributed by atoms with E-state index in [9.17, 15) is 4.79 Å². The number of carboxylic acid groups (broad SMARTS) is 1. The highest BCUT2D eigenvalue weighted by Crippen LogP contribution is 2.20. The molecule has 0 saturated heterocycles. The van der Waals surface area contributed by atoms with Crippen molar-refractivity contribution in [2.24, 2.45) is 0 Å². The maximum Gasteiger partial charge on any atom is 0.303 e. The van der Waals surface area contributed by atoms with Gasteiger partial charge >= 0.3 is 5.97 Å². The first-order chi connectivity index (χ1) is 9.65. The molecule has 1 aromatic heterocycles. The number of aromatic nitrogens is 2. The number of rotatable bonds is 7. The minimum Gasteiger partial charge on any atom is -0.481 e. The number of aryl methyl sites for hydroxylation is 2. The van der Waals surface area contributed by atoms with Gasteiger partial charge in [-0.2, -0.15) is 0 Å². The lowest BCUT2D eigenvalue weighted by atomic mass is 10.1. The first-order valence-electron chi connectivity index (χ1n) is 6.96. The molecular weight excluding hydrogens is 252 g/mol. The van der Waals surface area contributed by atoms with Crippen LogP contribution in [0.3, 0.4) is 0 Å². The van der Waals surface area contributed by atoms with Crippen molar-refractivity contribution < 1.29 is 9.90 Å². The third-order valence-corrected chi connectivity index (χ3v) is 3.40. The molecule has 0 bridgehead atoms. The van der Waals surface area contributed by atoms with Crippen LogP contribution in [0, 0.1) is 0 Å². The standard InChI is InChI=1S/C16H20N2O2/c1-3-10-18-14-9-8-12(4-2)11-13(14)17-15(18)6-5-7-16(19)20/h3,8-9,11H,1,4-7,10H2,2H3,(H,19,20). The molecule has 0 amide bonds. The van der Waals surface area contributed by atoms with Crippen LogP contribution in [0.15, 0.2) is 30.9 Å². The van der Waals surface area contributed by atoms with Gasteiger partial charge in [0.05, 0.1) is 11.0 Å². The van der Waals surface area contributed by atoms with Crippen molar-refractivity contribution in [2.75, 3.05) is 0 Å². The first-order valence-corrected chi connectivity index (χ1v) is 6.96. The number of aliphatic carboxylic acids is 1. The summed E-state index contributed by atoms with van der Waals surface area (Å²) in [6.07, 6.45) is 4.29. The Balaban J connectivity index is 2.33. The Kier molecular flexibility index (Phi) is 4.56. The van der Waals surface area contributed by atoms with Crippen molar-refractivity contribution in [1.29, 1.82) is 0 Å². The molecule has 0 radical (unpaired) electrons. The molecule has 0 aliphatic rings. The molecule has 106 valence electrons. The minimum atomic E-state index is -0.760. The molecule has 1 heterocycles. The van der Waals surface area contributed by atoms with Gasteiger partial charge in [0.1, 0.15) is 5.82 Å². The predicted molar refractivity (Wildman–Crippen MR) is 79.9 cm³/mol. The van der Waals surface area contributed by atoms with Gasteiger partial charge in [0.25, 0.3) is 0 Å². The monoisotopic (exact) mass is 272 g/mol. The van der Waals surface area contributed by atoms with Crippen LogP contribution in [-0.4, -0.2) is 20.6 Å². The fourth-order valence-electron chi connectivity index (χ4n) is 2.37. The van der Waals surface area contributed by atoms with E-state index in [1.54, 1.807) is 0 Å². The highest BCUT2D eigenvalue weighted by Gasteiger charge is 2.10. The minimum absolute atomic E-state index is 0.178. The Morgan fingerprint density at radius 2 is 2.30 bits per heavy atom. The highest BCUT2D eigenvalue weighted by atomic mass is 16.4. The summed E-state index contributed by atoms with van der Waals surface area (Å²) in [4.78, 5) is 15.3. The molecule has 2 aromatic rings. The molecule has 4 heteroatoms. The van der Waals surface area contributed by atoms with E-state index in [0.29, 0.717) is 19.4 Å². The average Bonchev–Trinajstić information content (AvgIpc) is 2.76. The maximum atomic E-state index is 10.6. The fraction of sp³-hybridized carbons (Fsp3) is 0.375. The van der Waals surface area contributed by atoms with E-state index in [1.165, 1.54) is 5.56 Å². The average molecular weight is 272 g/mol. The largest absolute Gasteiger partial charge is 0.481 e. The van der Waals surface area contributed by atoms with Gasteiger partial charge in [-0.25, -0.2) is 4.98 Å². The lowest BCUT2D eigenvalue weighted by Gasteiger charge is -2.05. The Labute approximate surface area is 118 Å². The van der Waals surface area contributed by atoms with Crippen molar-refractivity contribution in [2.45, 2.75) is 39.2 Å². The third-order valence-electron chi connectivity index (χ3n) is 3.40. The number of allylic oxidation sites excluding steroid dienone is 1. The molecule has 1 N–H and O–H groups in total. The Morgan fingerprint density at radius 3 is 2.95 bits per heavy atom. The lowest BCUT2D eigenvalue weighted by molar-refractivity contribution is -0.137. The summed E-state index contributed by atoms with van der Waals surface area (Å²) in [7, 11) is 0. The van der Waals surface area contributed by atoms with Crippen LogP contribution in [0.5, 0.6) is 0 Å². The van der Waals surface area contributed by atoms with Gasteiger partial charge in [-0.3, -0.25) is 4.79 Å². The number of imidazole rings is 1. The highest BCUT2D eigenvalue weighted by molar-refractivity contribution is 5.77. The summed E-state index contributed by atoms with van der Waals surface area (Å²) in [6, 6.07) is 6.31. The summed E-state index contributed by atoms with van der Waals surface area (Å²) in [6.45, 7) is 6.60. The Hall–Kier alpha value is -2.10. The molecule has 1 aromatic carbocycles. The van der Waals surface area contributed by atoms with Crippen LogP contribution in [0.2, 0.25) is 0 Å². The third kappa shape index (κ3) is 3.07. The zero-order chi connectivity index (χ0) is 14.5. The summed E-state index contributed by atoms with van der Waals surface area (Å²) in [5.41, 5.74) is 3.33. The van der Waals surface area contributed by atoms with E-state index in [-0.39, 0.29) is 6.42 Å². The van der Waals surface area contributed by atoms with Crippen LogP contribution < -0.4 is 0 Å². The smallest absolute Gasteiger partial charge is 0.303 e. The molecule has 4 nitrogen and oxygen atoms in total. The number of carbonyl (C=O) groups is 1. The molecule has 0 spiro atoms. The van der Waals surface area contributed by atoms with Gasteiger partial charge in [0.15, 0.2) is 0 Å². The second kappa shape index (κ2) is 6.37. The van der Waals surface area contributed by atoms with Crippen LogP contribution in [0.25, 0.3) is 11.0 Å². The van der Waals surface area contributed by atoms with Crippen LogP contribution >= 0.6 is 0 Å². The van der Waals surface area contributed by atoms with Crippen molar-refractivity contribution in [3.8, 4) is 0 Å². The van der Waals surface area contributed by atoms with E-state index in [1.807, 2.05) is 6.08 Å². The van der Waals surface area contributed by atoms with Gasteiger partial charge in [-0.1, -0.05) is 19.1 Å². The molecular formula is C16H20N2O2. The number of hydrogen-bond donors (Lipinski definition) is 1. The zero-order valence-electron chi connectivity index (χ0n) is 11.8. The van der Waals surface area contributed by atoms with Gasteiger partial charge in [-0.15, -0.1) is 6.58 Å². The Bertz CT molecular complexity index is 629. The number of hydrogen-bond acceptors (Lipinski definition) is 2. The Morgan fingerprint density at radius 1 is 1.50 bits per heavy atom. The number of nitrogens with zero attached hydrogens (tertiary/aromatic N) is 2. The molecule has 0 aliphatic heterocycles. The van der Waals surface area contributed by atoms with Gasteiger partial charge in [0.2, 0.25) is 0 Å². The van der Waals surface area contributed by atoms with Crippen molar-refractivity contribution in [1.82, 2.24) is 9.55 Å². The van der Waals surface area contributed by atoms with Crippen LogP contribution in [0.1, 0.15) is 31.2 Å².